The number of aromatic nitrogens is 1. The molecule has 0 aliphatic carbocycles. The molecule has 3 aliphatic rings. The molecular weight excluding hydrogens is 536 g/mol. The molecule has 12 nitrogen and oxygen atoms in total. The summed E-state index contributed by atoms with van der Waals surface area (Å²) in [6.07, 6.45) is 3.07. The Bertz CT molecular complexity index is 1320. The molecule has 1 aromatic carbocycles. The highest BCUT2D eigenvalue weighted by atomic mass is 16.5. The average molecular weight is 577 g/mol. The van der Waals surface area contributed by atoms with E-state index in [9.17, 15) is 14.4 Å². The Kier molecular flexibility index (Phi) is 8.93. The van der Waals surface area contributed by atoms with Crippen molar-refractivity contribution in [3.63, 3.8) is 0 Å². The first-order valence-corrected chi connectivity index (χ1v) is 14.5. The van der Waals surface area contributed by atoms with Gasteiger partial charge in [0.15, 0.2) is 0 Å². The summed E-state index contributed by atoms with van der Waals surface area (Å²) in [7, 11) is 2.01. The number of rotatable bonds is 8. The van der Waals surface area contributed by atoms with E-state index in [1.165, 1.54) is 6.20 Å². The summed E-state index contributed by atoms with van der Waals surface area (Å²) in [5.41, 5.74) is 8.68. The molecule has 2 atom stereocenters. The van der Waals surface area contributed by atoms with Crippen molar-refractivity contribution in [3.8, 4) is 0 Å². The number of anilines is 2. The van der Waals surface area contributed by atoms with Crippen LogP contribution in [-0.4, -0.2) is 92.2 Å². The normalized spacial score (nSPS) is 22.6. The van der Waals surface area contributed by atoms with Gasteiger partial charge in [0.2, 0.25) is 0 Å². The quantitative estimate of drug-likeness (QED) is 0.314. The number of morpholine rings is 1. The predicted octanol–water partition coefficient (Wildman–Crippen LogP) is 1.25. The Morgan fingerprint density at radius 2 is 1.86 bits per heavy atom. The number of benzene rings is 1. The van der Waals surface area contributed by atoms with Gasteiger partial charge in [-0.2, -0.15) is 0 Å². The molecule has 0 radical (unpaired) electrons. The third-order valence-electron chi connectivity index (χ3n) is 8.26. The molecule has 2 aromatic rings. The number of nitrogens with zero attached hydrogens (tertiary/aromatic N) is 3. The van der Waals surface area contributed by atoms with Crippen LogP contribution in [0.3, 0.4) is 0 Å². The first-order chi connectivity index (χ1) is 20.3. The van der Waals surface area contributed by atoms with Crippen molar-refractivity contribution < 1.29 is 19.1 Å². The molecule has 1 aromatic heterocycles. The van der Waals surface area contributed by atoms with Gasteiger partial charge in [-0.15, -0.1) is 0 Å². The molecule has 12 heteroatoms. The lowest BCUT2D eigenvalue weighted by Crippen LogP contribution is -2.66. The van der Waals surface area contributed by atoms with Crippen molar-refractivity contribution >= 4 is 29.2 Å². The molecule has 2 saturated heterocycles. The van der Waals surface area contributed by atoms with Crippen molar-refractivity contribution in [1.82, 2.24) is 31.4 Å². The van der Waals surface area contributed by atoms with Crippen LogP contribution in [0.1, 0.15) is 47.4 Å². The van der Waals surface area contributed by atoms with E-state index in [1.807, 2.05) is 38.2 Å². The lowest BCUT2D eigenvalue weighted by Gasteiger charge is -2.44. The standard InChI is InChI=1S/C30H40N8O4/c1-4-37(3)23-9-6-21(7-10-23)27(39)34-30(12-5-13-31-19-30)26-20(2)25(28(40)36-35-26)33-24-11-8-22(18-32-24)29(41)38-14-16-42-17-15-38/h6-11,18,25,31,35H,4-5,12-17,19H2,1-3H3,(H,32,33)(H,34,39)(H,36,40)/t25?,30-/m1/s1. The van der Waals surface area contributed by atoms with Gasteiger partial charge in [-0.1, -0.05) is 0 Å². The van der Waals surface area contributed by atoms with Gasteiger partial charge in [0, 0.05) is 50.7 Å². The van der Waals surface area contributed by atoms with Gasteiger partial charge in [0.05, 0.1) is 30.0 Å². The van der Waals surface area contributed by atoms with E-state index in [0.717, 1.165) is 36.5 Å². The maximum atomic E-state index is 13.5. The molecule has 3 aliphatic heterocycles. The second kappa shape index (κ2) is 12.8. The van der Waals surface area contributed by atoms with Gasteiger partial charge in [0.1, 0.15) is 11.9 Å². The Labute approximate surface area is 246 Å². The van der Waals surface area contributed by atoms with Gasteiger partial charge in [-0.05, 0) is 75.2 Å². The molecule has 3 amide bonds. The van der Waals surface area contributed by atoms with Crippen molar-refractivity contribution in [3.05, 3.63) is 65.0 Å². The fraction of sp³-hybridized carbons (Fsp3) is 0.467. The molecule has 2 fully saturated rings. The molecule has 5 rings (SSSR count). The van der Waals surface area contributed by atoms with Crippen LogP contribution in [0, 0.1) is 0 Å². The highest BCUT2D eigenvalue weighted by Gasteiger charge is 2.43. The summed E-state index contributed by atoms with van der Waals surface area (Å²) >= 11 is 0. The monoisotopic (exact) mass is 576 g/mol. The molecule has 5 N–H and O–H groups in total. The maximum Gasteiger partial charge on any atom is 0.265 e. The van der Waals surface area contributed by atoms with Crippen LogP contribution in [0.2, 0.25) is 0 Å². The zero-order valence-electron chi connectivity index (χ0n) is 24.5. The number of nitrogens with one attached hydrogen (secondary N) is 5. The fourth-order valence-corrected chi connectivity index (χ4v) is 5.64. The lowest BCUT2D eigenvalue weighted by molar-refractivity contribution is -0.122. The third kappa shape index (κ3) is 6.19. The minimum Gasteiger partial charge on any atom is -0.378 e. The Morgan fingerprint density at radius 1 is 1.12 bits per heavy atom. The predicted molar refractivity (Wildman–Crippen MR) is 160 cm³/mol. The largest absolute Gasteiger partial charge is 0.378 e. The van der Waals surface area contributed by atoms with E-state index >= 15 is 0 Å². The SMILES string of the molecule is CCN(C)c1ccc(C(=O)N[C@]2(C3=C(C)C(Nc4ccc(C(=O)N5CCOCC5)cn4)C(=O)NN3)CCCNC2)cc1. The molecule has 42 heavy (non-hydrogen) atoms. The van der Waals surface area contributed by atoms with Crippen LogP contribution in [0.5, 0.6) is 0 Å². The summed E-state index contributed by atoms with van der Waals surface area (Å²) in [4.78, 5) is 47.6. The van der Waals surface area contributed by atoms with Crippen molar-refractivity contribution in [1.29, 1.82) is 0 Å². The lowest BCUT2D eigenvalue weighted by atomic mass is 9.82. The molecule has 1 unspecified atom stereocenters. The minimum atomic E-state index is -0.756. The number of carbonyl (C=O) groups is 3. The smallest absolute Gasteiger partial charge is 0.265 e. The van der Waals surface area contributed by atoms with E-state index in [0.29, 0.717) is 56.2 Å². The average Bonchev–Trinajstić information content (AvgIpc) is 3.03. The summed E-state index contributed by atoms with van der Waals surface area (Å²) in [5.74, 6) is -0.0846. The van der Waals surface area contributed by atoms with E-state index in [4.69, 9.17) is 4.74 Å². The second-order valence-electron chi connectivity index (χ2n) is 11.0. The Morgan fingerprint density at radius 3 is 2.50 bits per heavy atom. The van der Waals surface area contributed by atoms with Gasteiger partial charge < -0.3 is 35.9 Å². The van der Waals surface area contributed by atoms with Gasteiger partial charge in [-0.3, -0.25) is 19.8 Å². The molecular formula is C30H40N8O4. The highest BCUT2D eigenvalue weighted by Crippen LogP contribution is 2.30. The number of piperidine rings is 1. The maximum absolute atomic E-state index is 13.5. The van der Waals surface area contributed by atoms with Crippen molar-refractivity contribution in [2.75, 3.05) is 63.2 Å². The zero-order valence-corrected chi connectivity index (χ0v) is 24.5. The zero-order chi connectivity index (χ0) is 29.7. The number of carbonyl (C=O) groups excluding carboxylic acids is 3. The number of hydrogen-bond donors (Lipinski definition) is 5. The number of ether oxygens (including phenoxy) is 1. The Balaban J connectivity index is 1.35. The fourth-order valence-electron chi connectivity index (χ4n) is 5.64. The van der Waals surface area contributed by atoms with Crippen molar-refractivity contribution in [2.45, 2.75) is 38.3 Å². The van der Waals surface area contributed by atoms with Gasteiger partial charge in [-0.25, -0.2) is 4.98 Å². The van der Waals surface area contributed by atoms with Crippen LogP contribution in [-0.2, 0) is 9.53 Å². The van der Waals surface area contributed by atoms with E-state index < -0.39 is 11.6 Å². The highest BCUT2D eigenvalue weighted by molar-refractivity contribution is 5.96. The van der Waals surface area contributed by atoms with E-state index in [2.05, 4.69) is 43.6 Å². The van der Waals surface area contributed by atoms with Crippen LogP contribution in [0.4, 0.5) is 11.5 Å². The van der Waals surface area contributed by atoms with Gasteiger partial charge in [0.25, 0.3) is 17.7 Å². The number of hydrazine groups is 1. The van der Waals surface area contributed by atoms with Gasteiger partial charge >= 0.3 is 0 Å². The molecule has 0 bridgehead atoms. The first kappa shape index (κ1) is 29.3. The number of hydrogen-bond acceptors (Lipinski definition) is 9. The summed E-state index contributed by atoms with van der Waals surface area (Å²) in [6.45, 7) is 8.33. The first-order valence-electron chi connectivity index (χ1n) is 14.5. The molecule has 0 saturated carbocycles. The molecule has 224 valence electrons. The van der Waals surface area contributed by atoms with E-state index in [-0.39, 0.29) is 17.7 Å². The summed E-state index contributed by atoms with van der Waals surface area (Å²) in [6, 6.07) is 10.2. The topological polar surface area (TPSA) is 140 Å². The van der Waals surface area contributed by atoms with E-state index in [1.54, 1.807) is 17.0 Å². The summed E-state index contributed by atoms with van der Waals surface area (Å²) in [5, 5.41) is 9.91. The second-order valence-corrected chi connectivity index (χ2v) is 11.0. The van der Waals surface area contributed by atoms with Crippen LogP contribution < -0.4 is 31.7 Å². The molecule has 0 spiro atoms. The third-order valence-corrected chi connectivity index (χ3v) is 8.26. The number of amides is 3. The minimum absolute atomic E-state index is 0.0928. The van der Waals surface area contributed by atoms with Crippen molar-refractivity contribution in [2.24, 2.45) is 0 Å². The molecule has 4 heterocycles. The Hall–Kier alpha value is -4.16. The van der Waals surface area contributed by atoms with Crippen LogP contribution in [0.15, 0.2) is 53.9 Å². The number of pyridine rings is 1. The summed E-state index contributed by atoms with van der Waals surface area (Å²) < 4.78 is 5.33. The van der Waals surface area contributed by atoms with Crippen LogP contribution in [0.25, 0.3) is 0 Å². The van der Waals surface area contributed by atoms with Crippen LogP contribution >= 0.6 is 0 Å².